The maximum absolute atomic E-state index is 5.64. The minimum Gasteiger partial charge on any atom is -0.375 e. The molecule has 1 unspecified atom stereocenters. The standard InChI is InChI=1S/C11H15N5O2S/c1-16-2-3-17-8(5-16)10-14-9(18-15-10)4-7-6-19-11(12)13-7/h6,8H,2-5H2,1H3,(H2,12,13). The normalized spacial score (nSPS) is 20.8. The van der Waals surface area contributed by atoms with Crippen LogP contribution in [0.2, 0.25) is 0 Å². The van der Waals surface area contributed by atoms with Crippen LogP contribution >= 0.6 is 11.3 Å². The van der Waals surface area contributed by atoms with Crippen molar-refractivity contribution < 1.29 is 9.26 Å². The third-order valence-corrected chi connectivity index (χ3v) is 3.67. The Morgan fingerprint density at radius 1 is 1.53 bits per heavy atom. The maximum atomic E-state index is 5.64. The van der Waals surface area contributed by atoms with Crippen LogP contribution in [0.3, 0.4) is 0 Å². The molecule has 0 bridgehead atoms. The van der Waals surface area contributed by atoms with Gasteiger partial charge in [0.2, 0.25) is 11.7 Å². The summed E-state index contributed by atoms with van der Waals surface area (Å²) in [6.45, 7) is 2.40. The first-order valence-corrected chi connectivity index (χ1v) is 6.91. The van der Waals surface area contributed by atoms with Crippen molar-refractivity contribution in [2.45, 2.75) is 12.5 Å². The van der Waals surface area contributed by atoms with E-state index in [2.05, 4.69) is 27.1 Å². The van der Waals surface area contributed by atoms with Crippen LogP contribution in [-0.2, 0) is 11.2 Å². The van der Waals surface area contributed by atoms with Gasteiger partial charge in [0.15, 0.2) is 5.13 Å². The van der Waals surface area contributed by atoms with Gasteiger partial charge >= 0.3 is 0 Å². The Balaban J connectivity index is 1.69. The van der Waals surface area contributed by atoms with Gasteiger partial charge < -0.3 is 19.9 Å². The highest BCUT2D eigenvalue weighted by molar-refractivity contribution is 7.13. The van der Waals surface area contributed by atoms with Gasteiger partial charge in [-0.2, -0.15) is 4.98 Å². The van der Waals surface area contributed by atoms with E-state index in [0.29, 0.717) is 29.9 Å². The Labute approximate surface area is 114 Å². The van der Waals surface area contributed by atoms with Crippen LogP contribution in [0.5, 0.6) is 0 Å². The van der Waals surface area contributed by atoms with Crippen LogP contribution in [0.15, 0.2) is 9.90 Å². The average molecular weight is 281 g/mol. The van der Waals surface area contributed by atoms with Crippen molar-refractivity contribution in [3.63, 3.8) is 0 Å². The number of nitrogen functional groups attached to an aromatic ring is 1. The number of nitrogens with two attached hydrogens (primary N) is 1. The number of aromatic nitrogens is 3. The van der Waals surface area contributed by atoms with E-state index in [1.807, 2.05) is 5.38 Å². The fourth-order valence-corrected chi connectivity index (χ4v) is 2.53. The van der Waals surface area contributed by atoms with E-state index in [-0.39, 0.29) is 6.10 Å². The highest BCUT2D eigenvalue weighted by atomic mass is 32.1. The molecule has 2 aromatic heterocycles. The molecule has 1 fully saturated rings. The summed E-state index contributed by atoms with van der Waals surface area (Å²) in [6.07, 6.45) is 0.389. The number of ether oxygens (including phenoxy) is 1. The Kier molecular flexibility index (Phi) is 3.45. The van der Waals surface area contributed by atoms with Crippen molar-refractivity contribution in [1.82, 2.24) is 20.0 Å². The van der Waals surface area contributed by atoms with E-state index in [1.165, 1.54) is 11.3 Å². The average Bonchev–Trinajstić information content (AvgIpc) is 2.99. The molecule has 102 valence electrons. The van der Waals surface area contributed by atoms with Gasteiger partial charge in [-0.3, -0.25) is 0 Å². The van der Waals surface area contributed by atoms with Gasteiger partial charge in [0, 0.05) is 18.5 Å². The highest BCUT2D eigenvalue weighted by Crippen LogP contribution is 2.20. The molecule has 0 spiro atoms. The van der Waals surface area contributed by atoms with Crippen molar-refractivity contribution in [3.8, 4) is 0 Å². The number of morpholine rings is 1. The van der Waals surface area contributed by atoms with Crippen LogP contribution in [0.25, 0.3) is 0 Å². The van der Waals surface area contributed by atoms with Gasteiger partial charge in [-0.05, 0) is 7.05 Å². The minimum absolute atomic E-state index is 0.114. The third kappa shape index (κ3) is 2.91. The number of thiazole rings is 1. The summed E-state index contributed by atoms with van der Waals surface area (Å²) in [6, 6.07) is 0. The first-order valence-electron chi connectivity index (χ1n) is 6.03. The lowest BCUT2D eigenvalue weighted by atomic mass is 10.2. The molecular formula is C11H15N5O2S. The Morgan fingerprint density at radius 3 is 3.16 bits per heavy atom. The fourth-order valence-electron chi connectivity index (χ4n) is 1.96. The first-order chi connectivity index (χ1) is 9.20. The lowest BCUT2D eigenvalue weighted by Crippen LogP contribution is -2.35. The van der Waals surface area contributed by atoms with E-state index in [4.69, 9.17) is 15.0 Å². The zero-order valence-electron chi connectivity index (χ0n) is 10.6. The summed E-state index contributed by atoms with van der Waals surface area (Å²) in [7, 11) is 2.05. The van der Waals surface area contributed by atoms with Crippen molar-refractivity contribution in [2.24, 2.45) is 0 Å². The lowest BCUT2D eigenvalue weighted by molar-refractivity contribution is -0.0264. The lowest BCUT2D eigenvalue weighted by Gasteiger charge is -2.27. The zero-order chi connectivity index (χ0) is 13.2. The number of anilines is 1. The van der Waals surface area contributed by atoms with Crippen molar-refractivity contribution in [2.75, 3.05) is 32.5 Å². The zero-order valence-corrected chi connectivity index (χ0v) is 11.4. The molecule has 1 saturated heterocycles. The van der Waals surface area contributed by atoms with Gasteiger partial charge in [-0.1, -0.05) is 5.16 Å². The molecule has 0 amide bonds. The molecule has 3 heterocycles. The Hall–Kier alpha value is -1.51. The number of nitrogens with zero attached hydrogens (tertiary/aromatic N) is 4. The fraction of sp³-hybridized carbons (Fsp3) is 0.545. The third-order valence-electron chi connectivity index (χ3n) is 2.94. The molecule has 2 N–H and O–H groups in total. The van der Waals surface area contributed by atoms with Gasteiger partial charge in [0.05, 0.1) is 18.7 Å². The van der Waals surface area contributed by atoms with Gasteiger partial charge in [-0.25, -0.2) is 4.98 Å². The summed E-state index contributed by atoms with van der Waals surface area (Å²) in [5, 5.41) is 6.42. The van der Waals surface area contributed by atoms with Crippen LogP contribution in [0, 0.1) is 0 Å². The number of hydrogen-bond donors (Lipinski definition) is 1. The molecule has 3 rings (SSSR count). The molecule has 0 aliphatic carbocycles. The summed E-state index contributed by atoms with van der Waals surface area (Å²) >= 11 is 1.40. The minimum atomic E-state index is -0.114. The molecule has 1 atom stereocenters. The summed E-state index contributed by atoms with van der Waals surface area (Å²) in [5.74, 6) is 1.14. The van der Waals surface area contributed by atoms with Gasteiger partial charge in [-0.15, -0.1) is 11.3 Å². The van der Waals surface area contributed by atoms with E-state index in [9.17, 15) is 0 Å². The number of rotatable bonds is 3. The second kappa shape index (κ2) is 5.24. The maximum Gasteiger partial charge on any atom is 0.232 e. The van der Waals surface area contributed by atoms with Crippen LogP contribution < -0.4 is 5.73 Å². The summed E-state index contributed by atoms with van der Waals surface area (Å²) < 4.78 is 10.9. The smallest absolute Gasteiger partial charge is 0.232 e. The molecule has 0 radical (unpaired) electrons. The summed E-state index contributed by atoms with van der Waals surface area (Å²) in [4.78, 5) is 10.7. The van der Waals surface area contributed by atoms with Crippen LogP contribution in [-0.4, -0.2) is 46.8 Å². The quantitative estimate of drug-likeness (QED) is 0.885. The van der Waals surface area contributed by atoms with Crippen LogP contribution in [0.1, 0.15) is 23.5 Å². The summed E-state index contributed by atoms with van der Waals surface area (Å²) in [5.41, 5.74) is 6.43. The monoisotopic (exact) mass is 281 g/mol. The molecule has 19 heavy (non-hydrogen) atoms. The number of hydrogen-bond acceptors (Lipinski definition) is 8. The molecule has 7 nitrogen and oxygen atoms in total. The van der Waals surface area contributed by atoms with E-state index in [1.54, 1.807) is 0 Å². The van der Waals surface area contributed by atoms with Gasteiger partial charge in [0.1, 0.15) is 6.10 Å². The van der Waals surface area contributed by atoms with E-state index in [0.717, 1.165) is 18.8 Å². The van der Waals surface area contributed by atoms with E-state index >= 15 is 0 Å². The second-order valence-electron chi connectivity index (χ2n) is 4.52. The molecule has 8 heteroatoms. The van der Waals surface area contributed by atoms with Crippen molar-refractivity contribution in [3.05, 3.63) is 22.8 Å². The molecule has 1 aliphatic rings. The molecule has 0 aromatic carbocycles. The Bertz CT molecular complexity index is 555. The first kappa shape index (κ1) is 12.5. The highest BCUT2D eigenvalue weighted by Gasteiger charge is 2.24. The van der Waals surface area contributed by atoms with Crippen molar-refractivity contribution in [1.29, 1.82) is 0 Å². The SMILES string of the molecule is CN1CCOC(c2noc(Cc3csc(N)n3)n2)C1. The second-order valence-corrected chi connectivity index (χ2v) is 5.41. The molecule has 2 aromatic rings. The van der Waals surface area contributed by atoms with Crippen LogP contribution in [0.4, 0.5) is 5.13 Å². The number of likely N-dealkylation sites (N-methyl/N-ethyl adjacent to an activating group) is 1. The predicted octanol–water partition coefficient (Wildman–Crippen LogP) is 0.702. The van der Waals surface area contributed by atoms with E-state index < -0.39 is 0 Å². The topological polar surface area (TPSA) is 90.3 Å². The van der Waals surface area contributed by atoms with Gasteiger partial charge in [0.25, 0.3) is 0 Å². The predicted molar refractivity (Wildman–Crippen MR) is 69.8 cm³/mol. The largest absolute Gasteiger partial charge is 0.375 e. The Morgan fingerprint density at radius 2 is 2.42 bits per heavy atom. The van der Waals surface area contributed by atoms with Crippen molar-refractivity contribution >= 4 is 16.5 Å². The molecule has 0 saturated carbocycles. The molecule has 1 aliphatic heterocycles. The molecular weight excluding hydrogens is 266 g/mol.